The maximum absolute atomic E-state index is 15.1. The van der Waals surface area contributed by atoms with Crippen LogP contribution in [0.15, 0.2) is 48.7 Å². The monoisotopic (exact) mass is 534 g/mol. The molecule has 2 aliphatic heterocycles. The van der Waals surface area contributed by atoms with Gasteiger partial charge in [-0.2, -0.15) is 13.9 Å². The van der Waals surface area contributed by atoms with Crippen LogP contribution in [0, 0.1) is 5.82 Å². The van der Waals surface area contributed by atoms with Crippen molar-refractivity contribution in [2.45, 2.75) is 38.1 Å². The molecule has 2 amide bonds. The minimum Gasteiger partial charge on any atom is -0.490 e. The normalized spacial score (nSPS) is 19.1. The van der Waals surface area contributed by atoms with Crippen molar-refractivity contribution in [3.05, 3.63) is 70.6 Å². The summed E-state index contributed by atoms with van der Waals surface area (Å²) in [6, 6.07) is 10.3. The van der Waals surface area contributed by atoms with E-state index in [0.29, 0.717) is 29.1 Å². The fraction of sp³-hybridized carbons (Fsp3) is 0.320. The second-order valence-electron chi connectivity index (χ2n) is 8.78. The number of nitrogens with one attached hydrogen (secondary N) is 1. The molecule has 2 aromatic carbocycles. The van der Waals surface area contributed by atoms with E-state index in [1.165, 1.54) is 12.1 Å². The number of cyclic esters (lactones) is 1. The van der Waals surface area contributed by atoms with E-state index in [4.69, 9.17) is 21.1 Å². The average Bonchev–Trinajstić information content (AvgIpc) is 3.52. The van der Waals surface area contributed by atoms with Crippen LogP contribution in [0.2, 0.25) is 5.02 Å². The van der Waals surface area contributed by atoms with Gasteiger partial charge in [-0.1, -0.05) is 23.7 Å². The molecule has 0 bridgehead atoms. The van der Waals surface area contributed by atoms with Crippen LogP contribution >= 0.6 is 11.6 Å². The molecule has 2 saturated heterocycles. The smallest absolute Gasteiger partial charge is 0.410 e. The lowest BCUT2D eigenvalue weighted by Crippen LogP contribution is -2.44. The topological polar surface area (TPSA) is 85.7 Å². The summed E-state index contributed by atoms with van der Waals surface area (Å²) in [6.45, 7) is -2.07. The van der Waals surface area contributed by atoms with E-state index in [1.807, 2.05) is 0 Å². The number of ether oxygens (including phenoxy) is 2. The van der Waals surface area contributed by atoms with E-state index in [0.717, 1.165) is 17.8 Å². The Morgan fingerprint density at radius 1 is 1.24 bits per heavy atom. The molecule has 3 aromatic rings. The summed E-state index contributed by atoms with van der Waals surface area (Å²) in [7, 11) is 0. The van der Waals surface area contributed by atoms with Crippen molar-refractivity contribution in [2.24, 2.45) is 0 Å². The number of amides is 2. The van der Waals surface area contributed by atoms with Crippen LogP contribution in [0.1, 0.15) is 35.3 Å². The summed E-state index contributed by atoms with van der Waals surface area (Å²) in [5.74, 6) is -1.40. The van der Waals surface area contributed by atoms with Gasteiger partial charge in [-0.05, 0) is 35.9 Å². The molecule has 1 N–H and O–H groups in total. The number of aromatic nitrogens is 2. The number of hydrogen-bond donors (Lipinski definition) is 1. The minimum atomic E-state index is -2.87. The molecule has 0 saturated carbocycles. The fourth-order valence-corrected chi connectivity index (χ4v) is 4.57. The molecule has 37 heavy (non-hydrogen) atoms. The first-order valence-corrected chi connectivity index (χ1v) is 12.0. The van der Waals surface area contributed by atoms with Gasteiger partial charge in [0.15, 0.2) is 0 Å². The Morgan fingerprint density at radius 2 is 2.03 bits per heavy atom. The van der Waals surface area contributed by atoms with Gasteiger partial charge in [-0.15, -0.1) is 0 Å². The molecule has 5 rings (SSSR count). The predicted molar refractivity (Wildman–Crippen MR) is 127 cm³/mol. The lowest BCUT2D eigenvalue weighted by Gasteiger charge is -2.33. The molecule has 0 spiro atoms. The first-order chi connectivity index (χ1) is 17.8. The number of carbonyl (C=O) groups excluding carboxylic acids is 2. The molecule has 194 valence electrons. The van der Waals surface area contributed by atoms with E-state index < -0.39 is 18.3 Å². The van der Waals surface area contributed by atoms with Crippen LogP contribution in [-0.2, 0) is 11.3 Å². The highest BCUT2D eigenvalue weighted by Crippen LogP contribution is 2.35. The zero-order valence-electron chi connectivity index (χ0n) is 19.4. The molecule has 0 aliphatic carbocycles. The third-order valence-corrected chi connectivity index (χ3v) is 6.61. The Kier molecular flexibility index (Phi) is 6.96. The maximum Gasteiger partial charge on any atom is 0.410 e. The molecule has 2 fully saturated rings. The van der Waals surface area contributed by atoms with E-state index >= 15 is 4.39 Å². The van der Waals surface area contributed by atoms with Crippen molar-refractivity contribution in [3.63, 3.8) is 0 Å². The Hall–Kier alpha value is -3.73. The van der Waals surface area contributed by atoms with Crippen LogP contribution in [0.5, 0.6) is 5.75 Å². The second kappa shape index (κ2) is 10.3. The molecule has 1 aromatic heterocycles. The van der Waals surface area contributed by atoms with Crippen molar-refractivity contribution >= 4 is 23.6 Å². The highest BCUT2D eigenvalue weighted by Gasteiger charge is 2.39. The third-order valence-electron chi connectivity index (χ3n) is 6.36. The van der Waals surface area contributed by atoms with Crippen LogP contribution in [0.25, 0.3) is 11.3 Å². The van der Waals surface area contributed by atoms with Crippen molar-refractivity contribution in [3.8, 4) is 17.0 Å². The molecule has 2 atom stereocenters. The van der Waals surface area contributed by atoms with Gasteiger partial charge in [-0.3, -0.25) is 4.79 Å². The summed E-state index contributed by atoms with van der Waals surface area (Å²) >= 11 is 5.88. The Balaban J connectivity index is 1.41. The number of hydrogen-bond acceptors (Lipinski definition) is 5. The SMILES string of the molecule is O=C(NCc1ccc(Cl)cc1)c1cc(O[C@H]2CCN3C(=O)OC[C@@H]3C2)c(-c2ccn(C(F)F)n2)cc1F. The third kappa shape index (κ3) is 5.36. The summed E-state index contributed by atoms with van der Waals surface area (Å²) in [4.78, 5) is 26.3. The average molecular weight is 535 g/mol. The molecule has 0 radical (unpaired) electrons. The Bertz CT molecular complexity index is 1320. The number of halogens is 4. The van der Waals surface area contributed by atoms with E-state index in [9.17, 15) is 18.4 Å². The number of fused-ring (bicyclic) bond motifs is 1. The zero-order valence-corrected chi connectivity index (χ0v) is 20.1. The van der Waals surface area contributed by atoms with Gasteiger partial charge in [-0.25, -0.2) is 13.9 Å². The van der Waals surface area contributed by atoms with Gasteiger partial charge < -0.3 is 19.7 Å². The number of benzene rings is 2. The Labute approximate surface area is 214 Å². The van der Waals surface area contributed by atoms with E-state index in [-0.39, 0.29) is 54.0 Å². The van der Waals surface area contributed by atoms with E-state index in [2.05, 4.69) is 10.4 Å². The van der Waals surface area contributed by atoms with Gasteiger partial charge in [0.1, 0.15) is 24.3 Å². The molecular weight excluding hydrogens is 513 g/mol. The lowest BCUT2D eigenvalue weighted by atomic mass is 10.0. The van der Waals surface area contributed by atoms with Crippen LogP contribution in [0.3, 0.4) is 0 Å². The Morgan fingerprint density at radius 3 is 2.76 bits per heavy atom. The van der Waals surface area contributed by atoms with Crippen molar-refractivity contribution in [1.82, 2.24) is 20.0 Å². The van der Waals surface area contributed by atoms with Gasteiger partial charge in [0, 0.05) is 42.7 Å². The molecule has 0 unspecified atom stereocenters. The van der Waals surface area contributed by atoms with Crippen molar-refractivity contribution in [1.29, 1.82) is 0 Å². The summed E-state index contributed by atoms with van der Waals surface area (Å²) in [6.07, 6.45) is 1.28. The predicted octanol–water partition coefficient (Wildman–Crippen LogP) is 5.03. The first-order valence-electron chi connectivity index (χ1n) is 11.6. The number of alkyl halides is 2. The van der Waals surface area contributed by atoms with Crippen LogP contribution < -0.4 is 10.1 Å². The van der Waals surface area contributed by atoms with E-state index in [1.54, 1.807) is 29.2 Å². The van der Waals surface area contributed by atoms with Crippen LogP contribution in [-0.4, -0.2) is 52.0 Å². The highest BCUT2D eigenvalue weighted by atomic mass is 35.5. The van der Waals surface area contributed by atoms with Gasteiger partial charge in [0.2, 0.25) is 0 Å². The summed E-state index contributed by atoms with van der Waals surface area (Å²) in [5.41, 5.74) is 0.702. The number of carbonyl (C=O) groups is 2. The number of rotatable bonds is 7. The fourth-order valence-electron chi connectivity index (χ4n) is 4.44. The lowest BCUT2D eigenvalue weighted by molar-refractivity contribution is 0.0568. The number of nitrogens with zero attached hydrogens (tertiary/aromatic N) is 3. The first kappa shape index (κ1) is 24.9. The van der Waals surface area contributed by atoms with Crippen LogP contribution in [0.4, 0.5) is 18.0 Å². The molecule has 12 heteroatoms. The highest BCUT2D eigenvalue weighted by molar-refractivity contribution is 6.30. The van der Waals surface area contributed by atoms with Crippen molar-refractivity contribution in [2.75, 3.05) is 13.2 Å². The minimum absolute atomic E-state index is 0.0686. The zero-order chi connectivity index (χ0) is 26.1. The second-order valence-corrected chi connectivity index (χ2v) is 9.22. The quantitative estimate of drug-likeness (QED) is 0.459. The van der Waals surface area contributed by atoms with Crippen molar-refractivity contribution < 1.29 is 32.2 Å². The largest absolute Gasteiger partial charge is 0.490 e. The molecular formula is C25H22ClF3N4O4. The number of piperidine rings is 1. The maximum atomic E-state index is 15.1. The van der Waals surface area contributed by atoms with Gasteiger partial charge in [0.05, 0.1) is 17.3 Å². The molecule has 8 nitrogen and oxygen atoms in total. The molecule has 2 aliphatic rings. The standard InChI is InChI=1S/C25H22ClF3N4O4/c26-15-3-1-14(2-4-15)12-30-23(34)18-11-22(37-17-5-7-32-16(9-17)13-36-25(32)35)19(10-20(18)27)21-6-8-33(31-21)24(28)29/h1-4,6,8,10-11,16-17,24H,5,7,9,12-13H2,(H,30,34)/t16-,17-/m0/s1. The van der Waals surface area contributed by atoms with Gasteiger partial charge in [0.25, 0.3) is 5.91 Å². The summed E-state index contributed by atoms with van der Waals surface area (Å²) < 4.78 is 53.1. The molecule has 3 heterocycles. The van der Waals surface area contributed by atoms with Gasteiger partial charge >= 0.3 is 12.6 Å². The summed E-state index contributed by atoms with van der Waals surface area (Å²) in [5, 5.41) is 7.04.